The van der Waals surface area contributed by atoms with Crippen LogP contribution in [0.2, 0.25) is 0 Å². The predicted octanol–water partition coefficient (Wildman–Crippen LogP) is 0.624. The minimum absolute atomic E-state index is 0.138. The maximum absolute atomic E-state index is 11.5. The zero-order chi connectivity index (χ0) is 9.30. The highest BCUT2D eigenvalue weighted by Gasteiger charge is 2.34. The van der Waals surface area contributed by atoms with Gasteiger partial charge in [-0.25, -0.2) is 0 Å². The van der Waals surface area contributed by atoms with Crippen molar-refractivity contribution in [3.63, 3.8) is 0 Å². The van der Waals surface area contributed by atoms with Crippen molar-refractivity contribution in [2.24, 2.45) is 5.92 Å². The third-order valence-electron chi connectivity index (χ3n) is 2.39. The topological polar surface area (TPSA) is 40.5 Å². The lowest BCUT2D eigenvalue weighted by Crippen LogP contribution is -2.37. The Kier molecular flexibility index (Phi) is 2.73. The molecule has 0 aliphatic carbocycles. The Morgan fingerprint density at radius 2 is 2.25 bits per heavy atom. The average molecular weight is 171 g/mol. The number of amides is 1. The van der Waals surface area contributed by atoms with Gasteiger partial charge in [-0.05, 0) is 20.3 Å². The van der Waals surface area contributed by atoms with Crippen LogP contribution in [0.25, 0.3) is 0 Å². The van der Waals surface area contributed by atoms with Gasteiger partial charge in [0, 0.05) is 18.5 Å². The highest BCUT2D eigenvalue weighted by Crippen LogP contribution is 2.23. The van der Waals surface area contributed by atoms with Crippen molar-refractivity contribution in [2.75, 3.05) is 6.54 Å². The maximum atomic E-state index is 11.5. The monoisotopic (exact) mass is 171 g/mol. The Labute approximate surface area is 73.4 Å². The number of nitrogens with zero attached hydrogens (tertiary/aromatic N) is 1. The summed E-state index contributed by atoms with van der Waals surface area (Å²) in [7, 11) is 0. The van der Waals surface area contributed by atoms with Gasteiger partial charge in [-0.2, -0.15) is 0 Å². The fraction of sp³-hybridized carbons (Fsp3) is 0.889. The minimum atomic E-state index is -0.415. The van der Waals surface area contributed by atoms with Gasteiger partial charge in [0.05, 0.1) is 6.10 Å². The molecule has 0 aromatic carbocycles. The Morgan fingerprint density at radius 3 is 2.58 bits per heavy atom. The van der Waals surface area contributed by atoms with Crippen molar-refractivity contribution < 1.29 is 9.90 Å². The lowest BCUT2D eigenvalue weighted by molar-refractivity contribution is -0.132. The molecular weight excluding hydrogens is 154 g/mol. The summed E-state index contributed by atoms with van der Waals surface area (Å²) in [6.07, 6.45) is 0.507. The normalized spacial score (nSPS) is 32.7. The lowest BCUT2D eigenvalue weighted by Gasteiger charge is -2.22. The smallest absolute Gasteiger partial charge is 0.225 e. The summed E-state index contributed by atoms with van der Waals surface area (Å²) < 4.78 is 0. The van der Waals surface area contributed by atoms with Gasteiger partial charge in [-0.1, -0.05) is 6.92 Å². The number of hydrogen-bond donors (Lipinski definition) is 1. The van der Waals surface area contributed by atoms with Crippen molar-refractivity contribution in [3.8, 4) is 0 Å². The molecule has 1 fully saturated rings. The number of carbonyl (C=O) groups excluding carboxylic acids is 1. The molecule has 1 N–H and O–H groups in total. The highest BCUT2D eigenvalue weighted by atomic mass is 16.3. The number of rotatable bonds is 2. The Morgan fingerprint density at radius 1 is 1.67 bits per heavy atom. The lowest BCUT2D eigenvalue weighted by atomic mass is 10.1. The van der Waals surface area contributed by atoms with Gasteiger partial charge in [-0.15, -0.1) is 0 Å². The van der Waals surface area contributed by atoms with E-state index >= 15 is 0 Å². The standard InChI is InChI=1S/C9H17NO2/c1-6-4-7(2)10(9(6)12)5-8(3)11/h6-8,11H,4-5H2,1-3H3/t6?,7?,8-/m1/s1. The Bertz CT molecular complexity index is 179. The molecular formula is C9H17NO2. The van der Waals surface area contributed by atoms with Gasteiger partial charge < -0.3 is 10.0 Å². The molecule has 70 valence electrons. The molecule has 1 saturated heterocycles. The fourth-order valence-corrected chi connectivity index (χ4v) is 1.79. The van der Waals surface area contributed by atoms with E-state index in [-0.39, 0.29) is 11.8 Å². The molecule has 3 atom stereocenters. The largest absolute Gasteiger partial charge is 0.392 e. The first-order valence-corrected chi connectivity index (χ1v) is 4.51. The first kappa shape index (κ1) is 9.52. The van der Waals surface area contributed by atoms with Gasteiger partial charge in [0.15, 0.2) is 0 Å². The van der Waals surface area contributed by atoms with Gasteiger partial charge in [0.1, 0.15) is 0 Å². The van der Waals surface area contributed by atoms with Gasteiger partial charge >= 0.3 is 0 Å². The molecule has 1 rings (SSSR count). The molecule has 3 heteroatoms. The van der Waals surface area contributed by atoms with Gasteiger partial charge in [-0.3, -0.25) is 4.79 Å². The van der Waals surface area contributed by atoms with Crippen LogP contribution in [0.1, 0.15) is 27.2 Å². The summed E-state index contributed by atoms with van der Waals surface area (Å²) in [6, 6.07) is 0.294. The summed E-state index contributed by atoms with van der Waals surface area (Å²) in [4.78, 5) is 13.2. The third kappa shape index (κ3) is 1.78. The predicted molar refractivity (Wildman–Crippen MR) is 46.6 cm³/mol. The van der Waals surface area contributed by atoms with Gasteiger partial charge in [0.2, 0.25) is 5.91 Å². The van der Waals surface area contributed by atoms with Crippen LogP contribution in [-0.2, 0) is 4.79 Å². The van der Waals surface area contributed by atoms with E-state index in [2.05, 4.69) is 0 Å². The molecule has 0 radical (unpaired) electrons. The number of aliphatic hydroxyl groups is 1. The number of β-amino-alcohol motifs (C(OH)–C–C–N with tert-alkyl or cyclic N) is 1. The molecule has 12 heavy (non-hydrogen) atoms. The second-order valence-corrected chi connectivity index (χ2v) is 3.83. The minimum Gasteiger partial charge on any atom is -0.392 e. The SMILES string of the molecule is CC1CC(C)N(C[C@@H](C)O)C1=O. The summed E-state index contributed by atoms with van der Waals surface area (Å²) in [6.45, 7) is 6.16. The van der Waals surface area contributed by atoms with E-state index < -0.39 is 6.10 Å². The number of aliphatic hydroxyl groups excluding tert-OH is 1. The second-order valence-electron chi connectivity index (χ2n) is 3.83. The maximum Gasteiger partial charge on any atom is 0.225 e. The first-order valence-electron chi connectivity index (χ1n) is 4.51. The van der Waals surface area contributed by atoms with Crippen LogP contribution in [0.15, 0.2) is 0 Å². The quantitative estimate of drug-likeness (QED) is 0.661. The molecule has 3 nitrogen and oxygen atoms in total. The number of likely N-dealkylation sites (tertiary alicyclic amines) is 1. The van der Waals surface area contributed by atoms with Crippen LogP contribution in [0.4, 0.5) is 0 Å². The van der Waals surface area contributed by atoms with Crippen LogP contribution < -0.4 is 0 Å². The zero-order valence-corrected chi connectivity index (χ0v) is 7.95. The van der Waals surface area contributed by atoms with E-state index in [1.54, 1.807) is 11.8 Å². The van der Waals surface area contributed by atoms with Crippen LogP contribution in [-0.4, -0.2) is 34.6 Å². The van der Waals surface area contributed by atoms with Crippen molar-refractivity contribution >= 4 is 5.91 Å². The fourth-order valence-electron chi connectivity index (χ4n) is 1.79. The second kappa shape index (κ2) is 3.44. The number of carbonyl (C=O) groups is 1. The molecule has 0 bridgehead atoms. The molecule has 1 amide bonds. The summed E-state index contributed by atoms with van der Waals surface area (Å²) in [5.41, 5.74) is 0. The molecule has 0 aromatic rings. The van der Waals surface area contributed by atoms with E-state index in [0.717, 1.165) is 6.42 Å². The molecule has 1 aliphatic heterocycles. The van der Waals surface area contributed by atoms with E-state index in [0.29, 0.717) is 12.6 Å². The molecule has 2 unspecified atom stereocenters. The number of hydrogen-bond acceptors (Lipinski definition) is 2. The summed E-state index contributed by atoms with van der Waals surface area (Å²) in [5, 5.41) is 9.14. The molecule has 0 saturated carbocycles. The van der Waals surface area contributed by atoms with E-state index in [1.165, 1.54) is 0 Å². The highest BCUT2D eigenvalue weighted by molar-refractivity contribution is 5.81. The van der Waals surface area contributed by atoms with Crippen molar-refractivity contribution in [2.45, 2.75) is 39.3 Å². The third-order valence-corrected chi connectivity index (χ3v) is 2.39. The van der Waals surface area contributed by atoms with Crippen molar-refractivity contribution in [1.29, 1.82) is 0 Å². The Balaban J connectivity index is 2.57. The summed E-state index contributed by atoms with van der Waals surface area (Å²) >= 11 is 0. The van der Waals surface area contributed by atoms with Crippen molar-refractivity contribution in [1.82, 2.24) is 4.90 Å². The average Bonchev–Trinajstić information content (AvgIpc) is 2.16. The Hall–Kier alpha value is -0.570. The van der Waals surface area contributed by atoms with E-state index in [1.807, 2.05) is 13.8 Å². The zero-order valence-electron chi connectivity index (χ0n) is 7.95. The van der Waals surface area contributed by atoms with Crippen LogP contribution >= 0.6 is 0 Å². The van der Waals surface area contributed by atoms with Crippen LogP contribution in [0, 0.1) is 5.92 Å². The first-order chi connectivity index (χ1) is 5.52. The summed E-state index contributed by atoms with van der Waals surface area (Å²) in [5.74, 6) is 0.321. The van der Waals surface area contributed by atoms with Crippen LogP contribution in [0.5, 0.6) is 0 Å². The molecule has 0 spiro atoms. The van der Waals surface area contributed by atoms with E-state index in [9.17, 15) is 4.79 Å². The van der Waals surface area contributed by atoms with Crippen molar-refractivity contribution in [3.05, 3.63) is 0 Å². The molecule has 1 aliphatic rings. The van der Waals surface area contributed by atoms with E-state index in [4.69, 9.17) is 5.11 Å². The van der Waals surface area contributed by atoms with Crippen LogP contribution in [0.3, 0.4) is 0 Å². The van der Waals surface area contributed by atoms with Gasteiger partial charge in [0.25, 0.3) is 0 Å². The molecule has 0 aromatic heterocycles. The molecule has 1 heterocycles.